The summed E-state index contributed by atoms with van der Waals surface area (Å²) >= 11 is 0. The first-order chi connectivity index (χ1) is 12.5. The molecule has 3 rings (SSSR count). The van der Waals surface area contributed by atoms with Gasteiger partial charge in [0, 0.05) is 25.2 Å². The molecule has 8 heteroatoms. The molecular formula is C19H24F3N3O2. The summed E-state index contributed by atoms with van der Waals surface area (Å²) in [6.07, 6.45) is -2.45. The van der Waals surface area contributed by atoms with Crippen molar-refractivity contribution in [3.63, 3.8) is 0 Å². The van der Waals surface area contributed by atoms with Gasteiger partial charge in [-0.2, -0.15) is 13.2 Å². The summed E-state index contributed by atoms with van der Waals surface area (Å²) in [6, 6.07) is 4.94. The summed E-state index contributed by atoms with van der Waals surface area (Å²) < 4.78 is 39.0. The lowest BCUT2D eigenvalue weighted by atomic mass is 10.0. The van der Waals surface area contributed by atoms with Crippen molar-refractivity contribution in [2.75, 3.05) is 13.1 Å². The maximum atomic E-state index is 13.0. The fourth-order valence-electron chi connectivity index (χ4n) is 3.50. The highest BCUT2D eigenvalue weighted by Crippen LogP contribution is 2.36. The van der Waals surface area contributed by atoms with Crippen LogP contribution < -0.4 is 5.32 Å². The number of imide groups is 1. The minimum absolute atomic E-state index is 0.216. The molecule has 0 spiro atoms. The van der Waals surface area contributed by atoms with Gasteiger partial charge in [-0.1, -0.05) is 12.1 Å². The predicted octanol–water partition coefficient (Wildman–Crippen LogP) is 3.56. The lowest BCUT2D eigenvalue weighted by Crippen LogP contribution is -2.42. The van der Waals surface area contributed by atoms with Crippen molar-refractivity contribution >= 4 is 11.9 Å². The van der Waals surface area contributed by atoms with E-state index in [1.54, 1.807) is 19.9 Å². The summed E-state index contributed by atoms with van der Waals surface area (Å²) in [5, 5.41) is 2.64. The van der Waals surface area contributed by atoms with Crippen molar-refractivity contribution < 1.29 is 22.8 Å². The third-order valence-corrected chi connectivity index (χ3v) is 5.24. The molecule has 1 aliphatic heterocycles. The van der Waals surface area contributed by atoms with Crippen LogP contribution in [0.15, 0.2) is 24.3 Å². The van der Waals surface area contributed by atoms with Gasteiger partial charge in [0.1, 0.15) is 5.54 Å². The molecule has 1 aliphatic carbocycles. The standard InChI is InChI=1S/C19H24F3N3O2/c1-12(13-5-4-6-14(11-13)19(20,21)22)24(15-7-8-15)9-10-25-16(26)18(2,3)23-17(25)27/h4-6,11-12,15H,7-10H2,1-3H3,(H,23,27). The molecule has 1 aromatic rings. The van der Waals surface area contributed by atoms with Gasteiger partial charge in [-0.25, -0.2) is 4.79 Å². The number of hydrogen-bond acceptors (Lipinski definition) is 3. The quantitative estimate of drug-likeness (QED) is 0.765. The maximum absolute atomic E-state index is 13.0. The summed E-state index contributed by atoms with van der Waals surface area (Å²) in [4.78, 5) is 27.6. The number of nitrogens with zero attached hydrogens (tertiary/aromatic N) is 2. The molecule has 1 atom stereocenters. The van der Waals surface area contributed by atoms with Gasteiger partial charge in [-0.15, -0.1) is 0 Å². The SMILES string of the molecule is CC(c1cccc(C(F)(F)F)c1)N(CCN1C(=O)NC(C)(C)C1=O)C1CC1. The topological polar surface area (TPSA) is 52.6 Å². The van der Waals surface area contributed by atoms with E-state index >= 15 is 0 Å². The second kappa shape index (κ2) is 6.82. The van der Waals surface area contributed by atoms with Crippen LogP contribution in [0.5, 0.6) is 0 Å². The summed E-state index contributed by atoms with van der Waals surface area (Å²) in [5.74, 6) is -0.282. The second-order valence-electron chi connectivity index (χ2n) is 7.78. The number of carbonyl (C=O) groups excluding carboxylic acids is 2. The van der Waals surface area contributed by atoms with E-state index in [2.05, 4.69) is 10.2 Å². The number of urea groups is 1. The van der Waals surface area contributed by atoms with Gasteiger partial charge in [0.05, 0.1) is 5.56 Å². The first-order valence-corrected chi connectivity index (χ1v) is 9.08. The number of rotatable bonds is 6. The Morgan fingerprint density at radius 1 is 1.30 bits per heavy atom. The van der Waals surface area contributed by atoms with E-state index in [1.807, 2.05) is 6.92 Å². The molecule has 1 heterocycles. The molecule has 1 saturated heterocycles. The van der Waals surface area contributed by atoms with Gasteiger partial charge in [-0.3, -0.25) is 14.6 Å². The highest BCUT2D eigenvalue weighted by Gasteiger charge is 2.44. The zero-order valence-electron chi connectivity index (χ0n) is 15.6. The number of nitrogens with one attached hydrogen (secondary N) is 1. The lowest BCUT2D eigenvalue weighted by Gasteiger charge is -2.31. The highest BCUT2D eigenvalue weighted by atomic mass is 19.4. The smallest absolute Gasteiger partial charge is 0.324 e. The Balaban J connectivity index is 1.73. The molecule has 1 saturated carbocycles. The molecule has 2 aliphatic rings. The number of hydrogen-bond donors (Lipinski definition) is 1. The lowest BCUT2D eigenvalue weighted by molar-refractivity contribution is -0.137. The van der Waals surface area contributed by atoms with E-state index in [-0.39, 0.29) is 24.5 Å². The van der Waals surface area contributed by atoms with E-state index in [1.165, 1.54) is 17.0 Å². The number of halogens is 3. The molecular weight excluding hydrogens is 359 g/mol. The third-order valence-electron chi connectivity index (χ3n) is 5.24. The molecule has 0 radical (unpaired) electrons. The van der Waals surface area contributed by atoms with Crippen LogP contribution in [0.3, 0.4) is 0 Å². The van der Waals surface area contributed by atoms with E-state index in [4.69, 9.17) is 0 Å². The number of amides is 3. The van der Waals surface area contributed by atoms with Gasteiger partial charge in [0.2, 0.25) is 0 Å². The summed E-state index contributed by atoms with van der Waals surface area (Å²) in [5.41, 5.74) is -1.01. The Kier molecular flexibility index (Phi) is 4.96. The molecule has 0 bridgehead atoms. The fourth-order valence-corrected chi connectivity index (χ4v) is 3.50. The minimum Gasteiger partial charge on any atom is -0.324 e. The van der Waals surface area contributed by atoms with Gasteiger partial charge in [-0.05, 0) is 51.3 Å². The largest absolute Gasteiger partial charge is 0.416 e. The van der Waals surface area contributed by atoms with Crippen LogP contribution in [0.25, 0.3) is 0 Å². The van der Waals surface area contributed by atoms with Crippen molar-refractivity contribution in [3.8, 4) is 0 Å². The van der Waals surface area contributed by atoms with Crippen molar-refractivity contribution in [2.45, 2.75) is 57.4 Å². The van der Waals surface area contributed by atoms with E-state index in [0.717, 1.165) is 18.9 Å². The van der Waals surface area contributed by atoms with Crippen molar-refractivity contribution in [3.05, 3.63) is 35.4 Å². The molecule has 1 unspecified atom stereocenters. The van der Waals surface area contributed by atoms with Crippen LogP contribution in [0.2, 0.25) is 0 Å². The van der Waals surface area contributed by atoms with Crippen LogP contribution in [-0.4, -0.2) is 46.4 Å². The molecule has 148 valence electrons. The monoisotopic (exact) mass is 383 g/mol. The molecule has 0 aromatic heterocycles. The third kappa shape index (κ3) is 4.10. The Morgan fingerprint density at radius 3 is 2.48 bits per heavy atom. The Labute approximate surface area is 156 Å². The van der Waals surface area contributed by atoms with E-state index in [0.29, 0.717) is 12.1 Å². The summed E-state index contributed by atoms with van der Waals surface area (Å²) in [7, 11) is 0. The van der Waals surface area contributed by atoms with E-state index in [9.17, 15) is 22.8 Å². The predicted molar refractivity (Wildman–Crippen MR) is 93.9 cm³/mol. The fraction of sp³-hybridized carbons (Fsp3) is 0.579. The average Bonchev–Trinajstić information content (AvgIpc) is 3.38. The maximum Gasteiger partial charge on any atom is 0.416 e. The highest BCUT2D eigenvalue weighted by molar-refractivity contribution is 6.06. The first kappa shape index (κ1) is 19.7. The molecule has 27 heavy (non-hydrogen) atoms. The number of benzene rings is 1. The van der Waals surface area contributed by atoms with Crippen LogP contribution in [0.4, 0.5) is 18.0 Å². The first-order valence-electron chi connectivity index (χ1n) is 9.08. The van der Waals surface area contributed by atoms with Crippen molar-refractivity contribution in [1.29, 1.82) is 0 Å². The van der Waals surface area contributed by atoms with Crippen molar-refractivity contribution in [2.24, 2.45) is 0 Å². The van der Waals surface area contributed by atoms with Gasteiger partial charge in [0.15, 0.2) is 0 Å². The van der Waals surface area contributed by atoms with E-state index < -0.39 is 23.3 Å². The zero-order chi connectivity index (χ0) is 20.0. The van der Waals surface area contributed by atoms with Gasteiger partial charge in [0.25, 0.3) is 5.91 Å². The van der Waals surface area contributed by atoms with Crippen LogP contribution in [0.1, 0.15) is 50.8 Å². The Bertz CT molecular complexity index is 744. The van der Waals surface area contributed by atoms with Gasteiger partial charge >= 0.3 is 12.2 Å². The number of alkyl halides is 3. The molecule has 5 nitrogen and oxygen atoms in total. The second-order valence-corrected chi connectivity index (χ2v) is 7.78. The molecule has 3 amide bonds. The van der Waals surface area contributed by atoms with Gasteiger partial charge < -0.3 is 5.32 Å². The zero-order valence-corrected chi connectivity index (χ0v) is 15.6. The molecule has 1 N–H and O–H groups in total. The molecule has 1 aromatic carbocycles. The van der Waals surface area contributed by atoms with Crippen LogP contribution in [-0.2, 0) is 11.0 Å². The Morgan fingerprint density at radius 2 is 1.96 bits per heavy atom. The van der Waals surface area contributed by atoms with Crippen LogP contribution in [0, 0.1) is 0 Å². The van der Waals surface area contributed by atoms with Crippen LogP contribution >= 0.6 is 0 Å². The Hall–Kier alpha value is -2.09. The average molecular weight is 383 g/mol. The van der Waals surface area contributed by atoms with Crippen molar-refractivity contribution in [1.82, 2.24) is 15.1 Å². The summed E-state index contributed by atoms with van der Waals surface area (Å²) in [6.45, 7) is 5.81. The molecule has 2 fully saturated rings. The minimum atomic E-state index is -4.38. The number of carbonyl (C=O) groups is 2. The normalized spacial score (nSPS) is 20.9.